The first-order chi connectivity index (χ1) is 24.8. The number of aliphatic imine (C=N–C) groups is 2. The summed E-state index contributed by atoms with van der Waals surface area (Å²) in [6.45, 7) is 3.14. The fourth-order valence-corrected chi connectivity index (χ4v) is 5.23. The molecule has 53 heavy (non-hydrogen) atoms. The molecule has 5 amide bonds. The van der Waals surface area contributed by atoms with Crippen molar-refractivity contribution in [1.82, 2.24) is 25.8 Å². The van der Waals surface area contributed by atoms with Crippen molar-refractivity contribution >= 4 is 58.3 Å². The number of rotatable bonds is 22. The van der Waals surface area contributed by atoms with Crippen molar-refractivity contribution in [2.75, 3.05) is 20.1 Å². The van der Waals surface area contributed by atoms with Crippen LogP contribution < -0.4 is 50.4 Å². The number of nitrogens with zero attached hydrogens (tertiary/aromatic N) is 3. The number of amides is 5. The van der Waals surface area contributed by atoms with Crippen molar-refractivity contribution in [2.45, 2.75) is 88.5 Å². The number of nitrogens with one attached hydrogen (secondary N) is 4. The van der Waals surface area contributed by atoms with Gasteiger partial charge in [-0.3, -0.25) is 38.8 Å². The average Bonchev–Trinajstić information content (AvgIpc) is 3.50. The normalized spacial score (nSPS) is 13.4. The number of aliphatic carboxylic acids is 1. The largest absolute Gasteiger partial charge is 0.481 e. The van der Waals surface area contributed by atoms with E-state index in [0.29, 0.717) is 0 Å². The van der Waals surface area contributed by atoms with Crippen LogP contribution in [0.2, 0.25) is 0 Å². The predicted molar refractivity (Wildman–Crippen MR) is 199 cm³/mol. The maximum absolute atomic E-state index is 13.9. The van der Waals surface area contributed by atoms with E-state index in [1.807, 2.05) is 24.3 Å². The van der Waals surface area contributed by atoms with E-state index in [0.717, 1.165) is 21.4 Å². The maximum Gasteiger partial charge on any atom is 0.303 e. The van der Waals surface area contributed by atoms with Crippen LogP contribution in [0.4, 0.5) is 0 Å². The molecule has 20 heteroatoms. The third kappa shape index (κ3) is 13.6. The van der Waals surface area contributed by atoms with E-state index >= 15 is 0 Å². The van der Waals surface area contributed by atoms with Crippen LogP contribution in [-0.2, 0) is 35.2 Å². The lowest BCUT2D eigenvalue weighted by atomic mass is 9.98. The topological polar surface area (TPSA) is 359 Å². The Balaban J connectivity index is 2.29. The lowest BCUT2D eigenvalue weighted by molar-refractivity contribution is -0.147. The second-order valence-corrected chi connectivity index (χ2v) is 13.0. The number of likely N-dealkylation sites (N-methyl/N-ethyl adjacent to an activating group) is 1. The minimum Gasteiger partial charge on any atom is -0.481 e. The molecular weight excluding hydrogens is 690 g/mol. The Hall–Kier alpha value is -5.92. The van der Waals surface area contributed by atoms with Gasteiger partial charge in [-0.2, -0.15) is 0 Å². The zero-order valence-electron chi connectivity index (χ0n) is 30.3. The smallest absolute Gasteiger partial charge is 0.303 e. The molecule has 20 nitrogen and oxygen atoms in total. The number of H-pyrrole nitrogens is 1. The quantitative estimate of drug-likeness (QED) is 0.0331. The van der Waals surface area contributed by atoms with Crippen molar-refractivity contribution in [3.05, 3.63) is 36.0 Å². The van der Waals surface area contributed by atoms with Crippen LogP contribution in [-0.4, -0.2) is 112 Å². The van der Waals surface area contributed by atoms with Gasteiger partial charge in [0.1, 0.15) is 23.7 Å². The minimum absolute atomic E-state index is 0.0375. The first-order valence-electron chi connectivity index (χ1n) is 17.0. The van der Waals surface area contributed by atoms with Crippen LogP contribution in [0.5, 0.6) is 0 Å². The molecule has 292 valence electrons. The Morgan fingerprint density at radius 3 is 1.96 bits per heavy atom. The summed E-state index contributed by atoms with van der Waals surface area (Å²) >= 11 is 0. The molecule has 0 saturated carbocycles. The Bertz CT molecular complexity index is 1670. The first kappa shape index (κ1) is 43.2. The molecule has 2 rings (SSSR count). The third-order valence-electron chi connectivity index (χ3n) is 8.62. The number of primary amides is 1. The molecule has 0 unspecified atom stereocenters. The summed E-state index contributed by atoms with van der Waals surface area (Å²) in [5.41, 5.74) is 33.2. The molecule has 2 aromatic rings. The van der Waals surface area contributed by atoms with Crippen LogP contribution in [0.15, 0.2) is 40.4 Å². The molecule has 0 saturated heterocycles. The fourth-order valence-electron chi connectivity index (χ4n) is 5.23. The van der Waals surface area contributed by atoms with Crippen LogP contribution in [0, 0.1) is 0 Å². The SMILES string of the molecule is CN(C(=O)[C@H](CCCN=C(N)N)NC(=O)[C@@H](N)CCC(=O)O)C(C)(C)C(=O)N[C@@H](CCCN=C(N)N)C(=O)N[C@@H](Cc1c[nH]c2ccccc12)C(N)=O. The van der Waals surface area contributed by atoms with E-state index in [9.17, 15) is 28.8 Å². The highest BCUT2D eigenvalue weighted by atomic mass is 16.4. The van der Waals surface area contributed by atoms with Crippen LogP contribution in [0.3, 0.4) is 0 Å². The van der Waals surface area contributed by atoms with Gasteiger partial charge in [0.2, 0.25) is 29.5 Å². The molecule has 1 heterocycles. The molecule has 4 atom stereocenters. The number of carboxylic acid groups (broad SMARTS) is 1. The van der Waals surface area contributed by atoms with E-state index < -0.39 is 65.2 Å². The highest BCUT2D eigenvalue weighted by Gasteiger charge is 2.40. The number of benzene rings is 1. The van der Waals surface area contributed by atoms with E-state index in [1.165, 1.54) is 20.9 Å². The van der Waals surface area contributed by atoms with Crippen molar-refractivity contribution < 1.29 is 33.9 Å². The Labute approximate surface area is 306 Å². The lowest BCUT2D eigenvalue weighted by Gasteiger charge is -2.37. The van der Waals surface area contributed by atoms with Crippen LogP contribution in [0.25, 0.3) is 10.9 Å². The lowest BCUT2D eigenvalue weighted by Crippen LogP contribution is -2.63. The van der Waals surface area contributed by atoms with Gasteiger partial charge in [-0.15, -0.1) is 0 Å². The summed E-state index contributed by atoms with van der Waals surface area (Å²) in [4.78, 5) is 89.8. The number of carboxylic acids is 1. The Morgan fingerprint density at radius 2 is 1.40 bits per heavy atom. The van der Waals surface area contributed by atoms with Gasteiger partial charge in [-0.05, 0) is 57.6 Å². The van der Waals surface area contributed by atoms with Crippen molar-refractivity contribution in [1.29, 1.82) is 0 Å². The summed E-state index contributed by atoms with van der Waals surface area (Å²) in [6.07, 6.45) is 1.82. The number of guanidine groups is 2. The fraction of sp³-hybridized carbons (Fsp3) is 0.515. The molecule has 0 aliphatic heterocycles. The van der Waals surface area contributed by atoms with Crippen molar-refractivity contribution in [2.24, 2.45) is 44.4 Å². The van der Waals surface area contributed by atoms with Crippen LogP contribution >= 0.6 is 0 Å². The number of carbonyl (C=O) groups is 6. The molecule has 0 aliphatic carbocycles. The highest BCUT2D eigenvalue weighted by Crippen LogP contribution is 2.20. The molecule has 0 spiro atoms. The summed E-state index contributed by atoms with van der Waals surface area (Å²) in [7, 11) is 1.35. The number of carbonyl (C=O) groups excluding carboxylic acids is 5. The molecule has 0 fully saturated rings. The second-order valence-electron chi connectivity index (χ2n) is 13.0. The number of aromatic nitrogens is 1. The van der Waals surface area contributed by atoms with Gasteiger partial charge in [-0.1, -0.05) is 18.2 Å². The van der Waals surface area contributed by atoms with E-state index in [1.54, 1.807) is 6.20 Å². The third-order valence-corrected chi connectivity index (χ3v) is 8.62. The number of aromatic amines is 1. The number of para-hydroxylation sites is 1. The summed E-state index contributed by atoms with van der Waals surface area (Å²) in [5, 5.41) is 17.7. The Kier molecular flexibility index (Phi) is 16.5. The van der Waals surface area contributed by atoms with Gasteiger partial charge in [0, 0.05) is 50.1 Å². The summed E-state index contributed by atoms with van der Waals surface area (Å²) < 4.78 is 0. The molecule has 0 aliphatic rings. The van der Waals surface area contributed by atoms with Crippen LogP contribution in [0.1, 0.15) is 57.9 Å². The zero-order valence-corrected chi connectivity index (χ0v) is 30.3. The number of hydrogen-bond acceptors (Lipinski definition) is 9. The molecule has 0 radical (unpaired) electrons. The van der Waals surface area contributed by atoms with Gasteiger partial charge in [-0.25, -0.2) is 0 Å². The molecule has 1 aromatic carbocycles. The minimum atomic E-state index is -1.61. The maximum atomic E-state index is 13.9. The van der Waals surface area contributed by atoms with E-state index in [2.05, 4.69) is 30.9 Å². The molecular formula is C33H53N13O7. The zero-order chi connectivity index (χ0) is 39.9. The first-order valence-corrected chi connectivity index (χ1v) is 17.0. The van der Waals surface area contributed by atoms with Gasteiger partial charge < -0.3 is 65.3 Å². The second kappa shape index (κ2) is 20.2. The van der Waals surface area contributed by atoms with E-state index in [4.69, 9.17) is 39.5 Å². The van der Waals surface area contributed by atoms with Crippen molar-refractivity contribution in [3.63, 3.8) is 0 Å². The summed E-state index contributed by atoms with van der Waals surface area (Å²) in [5.74, 6) is -5.18. The number of hydrogen-bond donors (Lipinski definition) is 11. The number of nitrogens with two attached hydrogens (primary N) is 6. The standard InChI is InChI=1S/C33H53N13O7/c1-33(2,46(3)29(52)23(11-7-15-41-32(38)39)43-27(50)20(34)12-13-25(47)48)30(53)45-22(10-6-14-40-31(36)37)28(51)44-24(26(35)49)16-18-17-42-21-9-5-4-8-19(18)21/h4-5,8-9,17,20,22-24,42H,6-7,10-16,34H2,1-3H3,(H2,35,49)(H,43,50)(H,44,51)(H,45,53)(H,47,48)(H4,36,37,40)(H4,38,39,41)/t20-,22-,23-,24-/m0/s1. The Morgan fingerprint density at radius 1 is 0.830 bits per heavy atom. The molecule has 0 bridgehead atoms. The van der Waals surface area contributed by atoms with E-state index in [-0.39, 0.29) is 70.0 Å². The monoisotopic (exact) mass is 743 g/mol. The van der Waals surface area contributed by atoms with Crippen molar-refractivity contribution in [3.8, 4) is 0 Å². The van der Waals surface area contributed by atoms with Gasteiger partial charge in [0.05, 0.1) is 6.04 Å². The molecule has 1 aromatic heterocycles. The van der Waals surface area contributed by atoms with Gasteiger partial charge in [0.15, 0.2) is 11.9 Å². The number of fused-ring (bicyclic) bond motifs is 1. The average molecular weight is 744 g/mol. The highest BCUT2D eigenvalue weighted by molar-refractivity contribution is 5.97. The summed E-state index contributed by atoms with van der Waals surface area (Å²) in [6, 6.07) is 2.63. The predicted octanol–water partition coefficient (Wildman–Crippen LogP) is -2.81. The molecule has 17 N–H and O–H groups in total. The van der Waals surface area contributed by atoms with Gasteiger partial charge >= 0.3 is 5.97 Å². The van der Waals surface area contributed by atoms with Gasteiger partial charge in [0.25, 0.3) is 0 Å².